The number of rotatable bonds is 6. The molecular formula is C36H27N. The maximum atomic E-state index is 2.31. The minimum absolute atomic E-state index is 1.12. The Kier molecular flexibility index (Phi) is 6.34. The van der Waals surface area contributed by atoms with Gasteiger partial charge in [-0.3, -0.25) is 0 Å². The SMILES string of the molecule is c1ccc(-c2ccc(N(c3ccccc3)c3ccc(-c4ccccc4-c4ccccc4)cc3)cc2)cc1. The highest BCUT2D eigenvalue weighted by molar-refractivity contribution is 5.85. The smallest absolute Gasteiger partial charge is 0.0462 e. The summed E-state index contributed by atoms with van der Waals surface area (Å²) in [6.07, 6.45) is 0. The van der Waals surface area contributed by atoms with E-state index in [2.05, 4.69) is 169 Å². The van der Waals surface area contributed by atoms with E-state index in [9.17, 15) is 0 Å². The van der Waals surface area contributed by atoms with Gasteiger partial charge < -0.3 is 4.90 Å². The Morgan fingerprint density at radius 1 is 0.243 bits per heavy atom. The van der Waals surface area contributed by atoms with Crippen LogP contribution in [-0.2, 0) is 0 Å². The van der Waals surface area contributed by atoms with Gasteiger partial charge in [-0.05, 0) is 69.8 Å². The number of benzene rings is 6. The second-order valence-corrected chi connectivity index (χ2v) is 9.04. The van der Waals surface area contributed by atoms with Crippen molar-refractivity contribution >= 4 is 17.1 Å². The van der Waals surface area contributed by atoms with Crippen molar-refractivity contribution in [2.75, 3.05) is 4.90 Å². The van der Waals surface area contributed by atoms with Crippen LogP contribution in [0, 0.1) is 0 Å². The summed E-state index contributed by atoms with van der Waals surface area (Å²) in [4.78, 5) is 2.31. The van der Waals surface area contributed by atoms with Gasteiger partial charge >= 0.3 is 0 Å². The van der Waals surface area contributed by atoms with E-state index in [0.29, 0.717) is 0 Å². The van der Waals surface area contributed by atoms with Gasteiger partial charge in [0.05, 0.1) is 0 Å². The molecule has 0 amide bonds. The Balaban J connectivity index is 1.38. The van der Waals surface area contributed by atoms with Gasteiger partial charge in [0.1, 0.15) is 0 Å². The van der Waals surface area contributed by atoms with E-state index in [1.165, 1.54) is 33.4 Å². The van der Waals surface area contributed by atoms with E-state index < -0.39 is 0 Å². The average Bonchev–Trinajstić information content (AvgIpc) is 3.00. The lowest BCUT2D eigenvalue weighted by Crippen LogP contribution is -2.09. The Hall–Kier alpha value is -4.88. The van der Waals surface area contributed by atoms with Crippen molar-refractivity contribution in [1.29, 1.82) is 0 Å². The second kappa shape index (κ2) is 10.4. The first kappa shape index (κ1) is 22.6. The lowest BCUT2D eigenvalue weighted by atomic mass is 9.94. The van der Waals surface area contributed by atoms with E-state index >= 15 is 0 Å². The van der Waals surface area contributed by atoms with Crippen LogP contribution in [0.1, 0.15) is 0 Å². The zero-order chi connectivity index (χ0) is 24.9. The minimum atomic E-state index is 1.12. The molecule has 176 valence electrons. The Labute approximate surface area is 218 Å². The number of nitrogens with zero attached hydrogens (tertiary/aromatic N) is 1. The summed E-state index contributed by atoms with van der Waals surface area (Å²) in [6.45, 7) is 0. The van der Waals surface area contributed by atoms with Gasteiger partial charge in [0.2, 0.25) is 0 Å². The lowest BCUT2D eigenvalue weighted by Gasteiger charge is -2.26. The van der Waals surface area contributed by atoms with Crippen LogP contribution in [0.2, 0.25) is 0 Å². The molecule has 0 fully saturated rings. The summed E-state index contributed by atoms with van der Waals surface area (Å²) in [6, 6.07) is 58.0. The summed E-state index contributed by atoms with van der Waals surface area (Å²) in [5, 5.41) is 0. The molecule has 0 aliphatic carbocycles. The van der Waals surface area contributed by atoms with E-state index in [1.807, 2.05) is 0 Å². The second-order valence-electron chi connectivity index (χ2n) is 9.04. The van der Waals surface area contributed by atoms with Crippen LogP contribution in [0.4, 0.5) is 17.1 Å². The molecule has 6 aromatic carbocycles. The molecule has 1 nitrogen and oxygen atoms in total. The summed E-state index contributed by atoms with van der Waals surface area (Å²) >= 11 is 0. The van der Waals surface area contributed by atoms with Gasteiger partial charge in [0.15, 0.2) is 0 Å². The molecule has 0 aromatic heterocycles. The fourth-order valence-electron chi connectivity index (χ4n) is 4.85. The van der Waals surface area contributed by atoms with Crippen LogP contribution in [-0.4, -0.2) is 0 Å². The molecule has 37 heavy (non-hydrogen) atoms. The van der Waals surface area contributed by atoms with E-state index in [4.69, 9.17) is 0 Å². The molecule has 6 aromatic rings. The predicted octanol–water partition coefficient (Wildman–Crippen LogP) is 10.2. The topological polar surface area (TPSA) is 3.24 Å². The molecule has 0 heterocycles. The maximum absolute atomic E-state index is 2.31. The van der Waals surface area contributed by atoms with Gasteiger partial charge in [-0.1, -0.05) is 127 Å². The van der Waals surface area contributed by atoms with Crippen molar-refractivity contribution in [2.45, 2.75) is 0 Å². The van der Waals surface area contributed by atoms with Crippen LogP contribution < -0.4 is 4.90 Å². The highest BCUT2D eigenvalue weighted by Crippen LogP contribution is 2.38. The van der Waals surface area contributed by atoms with Crippen molar-refractivity contribution in [3.63, 3.8) is 0 Å². The molecule has 1 heteroatoms. The largest absolute Gasteiger partial charge is 0.311 e. The van der Waals surface area contributed by atoms with Gasteiger partial charge in [-0.25, -0.2) is 0 Å². The van der Waals surface area contributed by atoms with Crippen molar-refractivity contribution in [3.05, 3.63) is 164 Å². The molecule has 0 saturated heterocycles. The number of para-hydroxylation sites is 1. The van der Waals surface area contributed by atoms with Gasteiger partial charge in [0.25, 0.3) is 0 Å². The van der Waals surface area contributed by atoms with Crippen molar-refractivity contribution in [1.82, 2.24) is 0 Å². The third-order valence-corrected chi connectivity index (χ3v) is 6.70. The quantitative estimate of drug-likeness (QED) is 0.233. The first-order valence-corrected chi connectivity index (χ1v) is 12.6. The van der Waals surface area contributed by atoms with Gasteiger partial charge in [-0.2, -0.15) is 0 Å². The number of hydrogen-bond donors (Lipinski definition) is 0. The maximum Gasteiger partial charge on any atom is 0.0462 e. The Morgan fingerprint density at radius 3 is 1.08 bits per heavy atom. The molecule has 0 N–H and O–H groups in total. The monoisotopic (exact) mass is 473 g/mol. The minimum Gasteiger partial charge on any atom is -0.311 e. The number of hydrogen-bond acceptors (Lipinski definition) is 1. The van der Waals surface area contributed by atoms with Crippen LogP contribution in [0.25, 0.3) is 33.4 Å². The first-order valence-electron chi connectivity index (χ1n) is 12.6. The van der Waals surface area contributed by atoms with Crippen LogP contribution in [0.15, 0.2) is 164 Å². The zero-order valence-electron chi connectivity index (χ0n) is 20.5. The molecule has 0 atom stereocenters. The van der Waals surface area contributed by atoms with Crippen molar-refractivity contribution in [2.24, 2.45) is 0 Å². The summed E-state index contributed by atoms with van der Waals surface area (Å²) in [5.41, 5.74) is 10.7. The normalized spacial score (nSPS) is 10.7. The molecule has 0 radical (unpaired) electrons. The van der Waals surface area contributed by atoms with Crippen LogP contribution in [0.5, 0.6) is 0 Å². The lowest BCUT2D eigenvalue weighted by molar-refractivity contribution is 1.28. The van der Waals surface area contributed by atoms with E-state index in [-0.39, 0.29) is 0 Å². The number of anilines is 3. The van der Waals surface area contributed by atoms with Gasteiger partial charge in [0, 0.05) is 17.1 Å². The third kappa shape index (κ3) is 4.80. The summed E-state index contributed by atoms with van der Waals surface area (Å²) < 4.78 is 0. The Bertz CT molecular complexity index is 1570. The molecule has 6 rings (SSSR count). The van der Waals surface area contributed by atoms with E-state index in [0.717, 1.165) is 17.1 Å². The van der Waals surface area contributed by atoms with Crippen LogP contribution >= 0.6 is 0 Å². The van der Waals surface area contributed by atoms with Gasteiger partial charge in [-0.15, -0.1) is 0 Å². The fourth-order valence-corrected chi connectivity index (χ4v) is 4.85. The van der Waals surface area contributed by atoms with Crippen molar-refractivity contribution in [3.8, 4) is 33.4 Å². The molecule has 0 bridgehead atoms. The standard InChI is InChI=1S/C36H27N/c1-4-12-28(13-5-1)29-20-24-33(25-21-29)37(32-16-8-3-9-17-32)34-26-22-31(23-27-34)36-19-11-10-18-35(36)30-14-6-2-7-15-30/h1-27H. The molecule has 0 unspecified atom stereocenters. The molecular weight excluding hydrogens is 446 g/mol. The highest BCUT2D eigenvalue weighted by atomic mass is 15.1. The summed E-state index contributed by atoms with van der Waals surface area (Å²) in [5.74, 6) is 0. The van der Waals surface area contributed by atoms with Crippen LogP contribution in [0.3, 0.4) is 0 Å². The molecule has 0 spiro atoms. The predicted molar refractivity (Wildman–Crippen MR) is 157 cm³/mol. The first-order chi connectivity index (χ1) is 18.4. The third-order valence-electron chi connectivity index (χ3n) is 6.70. The molecule has 0 aliphatic rings. The molecule has 0 aliphatic heterocycles. The highest BCUT2D eigenvalue weighted by Gasteiger charge is 2.13. The fraction of sp³-hybridized carbons (Fsp3) is 0. The van der Waals surface area contributed by atoms with Crippen molar-refractivity contribution < 1.29 is 0 Å². The summed E-state index contributed by atoms with van der Waals surface area (Å²) in [7, 11) is 0. The molecule has 0 saturated carbocycles. The van der Waals surface area contributed by atoms with E-state index in [1.54, 1.807) is 0 Å². The average molecular weight is 474 g/mol. The zero-order valence-corrected chi connectivity index (χ0v) is 20.5. The Morgan fingerprint density at radius 2 is 0.568 bits per heavy atom.